The van der Waals surface area contributed by atoms with E-state index in [9.17, 15) is 0 Å². The van der Waals surface area contributed by atoms with Crippen molar-refractivity contribution in [3.05, 3.63) is 0 Å². The van der Waals surface area contributed by atoms with E-state index < -0.39 is 0 Å². The van der Waals surface area contributed by atoms with Gasteiger partial charge in [0.05, 0.1) is 12.6 Å². The molecule has 0 saturated carbocycles. The van der Waals surface area contributed by atoms with Gasteiger partial charge in [-0.15, -0.1) is 0 Å². The molecule has 0 radical (unpaired) electrons. The van der Waals surface area contributed by atoms with Gasteiger partial charge in [-0.2, -0.15) is 5.26 Å². The van der Waals surface area contributed by atoms with E-state index in [1.54, 1.807) is 0 Å². The lowest BCUT2D eigenvalue weighted by Crippen LogP contribution is -2.15. The molecule has 0 amide bonds. The quantitative estimate of drug-likeness (QED) is 0.400. The number of unbranched alkanes of at least 4 members (excludes halogenated alkanes) is 1. The maximum Gasteiger partial charge on any atom is 0.0840 e. The van der Waals surface area contributed by atoms with Gasteiger partial charge in [0.2, 0.25) is 0 Å². The number of rotatable bonds is 5. The smallest absolute Gasteiger partial charge is 0.0840 e. The molecule has 0 atom stereocenters. The predicted octanol–water partition coefficient (Wildman–Crippen LogP) is -0.128. The van der Waals surface area contributed by atoms with Gasteiger partial charge in [-0.3, -0.25) is 0 Å². The van der Waals surface area contributed by atoms with Crippen molar-refractivity contribution in [2.75, 3.05) is 19.7 Å². The molecule has 0 aromatic rings. The number of hydrogen-bond donors (Lipinski definition) is 2. The Bertz CT molecular complexity index is 87.5. The highest BCUT2D eigenvalue weighted by molar-refractivity contribution is 4.72. The first kappa shape index (κ1) is 8.41. The summed E-state index contributed by atoms with van der Waals surface area (Å²) in [6.07, 6.45) is 1.76. The molecule has 0 aliphatic heterocycles. The minimum atomic E-state index is 0.244. The number of nitrogens with zero attached hydrogens (tertiary/aromatic N) is 1. The van der Waals surface area contributed by atoms with Gasteiger partial charge in [-0.1, -0.05) is 0 Å². The second-order valence-electron chi connectivity index (χ2n) is 1.77. The topological polar surface area (TPSA) is 56.0 Å². The van der Waals surface area contributed by atoms with Crippen molar-refractivity contribution in [2.24, 2.45) is 0 Å². The van der Waals surface area contributed by atoms with E-state index in [0.29, 0.717) is 6.54 Å². The van der Waals surface area contributed by atoms with E-state index in [0.717, 1.165) is 19.4 Å². The number of nitriles is 1. The Morgan fingerprint density at radius 3 is 2.78 bits per heavy atom. The largest absolute Gasteiger partial charge is 0.396 e. The molecule has 0 unspecified atom stereocenters. The average Bonchev–Trinajstić information content (AvgIpc) is 1.89. The Morgan fingerprint density at radius 2 is 2.22 bits per heavy atom. The van der Waals surface area contributed by atoms with Gasteiger partial charge in [-0.05, 0) is 19.4 Å². The summed E-state index contributed by atoms with van der Waals surface area (Å²) in [4.78, 5) is 0. The van der Waals surface area contributed by atoms with Crippen LogP contribution < -0.4 is 5.32 Å². The van der Waals surface area contributed by atoms with Gasteiger partial charge >= 0.3 is 0 Å². The van der Waals surface area contributed by atoms with Crippen LogP contribution in [-0.4, -0.2) is 24.8 Å². The first-order valence-corrected chi connectivity index (χ1v) is 3.10. The maximum absolute atomic E-state index is 8.33. The number of hydrogen-bond acceptors (Lipinski definition) is 3. The molecule has 3 nitrogen and oxygen atoms in total. The summed E-state index contributed by atoms with van der Waals surface area (Å²) in [5.41, 5.74) is 0. The number of aliphatic hydroxyl groups excluding tert-OH is 1. The van der Waals surface area contributed by atoms with Crippen molar-refractivity contribution in [2.45, 2.75) is 12.8 Å². The van der Waals surface area contributed by atoms with Crippen molar-refractivity contribution in [1.82, 2.24) is 5.32 Å². The Labute approximate surface area is 55.3 Å². The van der Waals surface area contributed by atoms with Gasteiger partial charge in [0, 0.05) is 6.61 Å². The highest BCUT2D eigenvalue weighted by atomic mass is 16.2. The third kappa shape index (κ3) is 7.41. The summed E-state index contributed by atoms with van der Waals surface area (Å²) >= 11 is 0. The second-order valence-corrected chi connectivity index (χ2v) is 1.77. The summed E-state index contributed by atoms with van der Waals surface area (Å²) in [5, 5.41) is 19.3. The molecular weight excluding hydrogens is 116 g/mol. The number of aliphatic hydroxyl groups is 1. The van der Waals surface area contributed by atoms with Crippen LogP contribution in [0.15, 0.2) is 0 Å². The SMILES string of the molecule is N#CCNCCCCO. The highest BCUT2D eigenvalue weighted by Crippen LogP contribution is 1.81. The van der Waals surface area contributed by atoms with Crippen molar-refractivity contribution in [3.63, 3.8) is 0 Å². The Balaban J connectivity index is 2.69. The number of nitrogens with one attached hydrogen (secondary N) is 1. The average molecular weight is 128 g/mol. The summed E-state index contributed by atoms with van der Waals surface area (Å²) in [6, 6.07) is 1.97. The lowest BCUT2D eigenvalue weighted by atomic mass is 10.3. The van der Waals surface area contributed by atoms with Gasteiger partial charge in [-0.25, -0.2) is 0 Å². The van der Waals surface area contributed by atoms with E-state index >= 15 is 0 Å². The molecule has 0 heterocycles. The lowest BCUT2D eigenvalue weighted by molar-refractivity contribution is 0.284. The normalized spacial score (nSPS) is 8.89. The molecule has 0 aromatic heterocycles. The third-order valence-corrected chi connectivity index (χ3v) is 0.966. The van der Waals surface area contributed by atoms with Crippen LogP contribution in [0.1, 0.15) is 12.8 Å². The fraction of sp³-hybridized carbons (Fsp3) is 0.833. The molecule has 0 fully saturated rings. The molecule has 3 heteroatoms. The van der Waals surface area contributed by atoms with E-state index in [1.807, 2.05) is 6.07 Å². The van der Waals surface area contributed by atoms with Crippen LogP contribution in [0.4, 0.5) is 0 Å². The van der Waals surface area contributed by atoms with Crippen LogP contribution >= 0.6 is 0 Å². The lowest BCUT2D eigenvalue weighted by Gasteiger charge is -1.95. The van der Waals surface area contributed by atoms with E-state index in [-0.39, 0.29) is 6.61 Å². The Kier molecular flexibility index (Phi) is 6.92. The fourth-order valence-electron chi connectivity index (χ4n) is 0.506. The fourth-order valence-corrected chi connectivity index (χ4v) is 0.506. The predicted molar refractivity (Wildman–Crippen MR) is 34.8 cm³/mol. The molecule has 0 spiro atoms. The molecule has 52 valence electrons. The molecular formula is C6H12N2O. The summed E-state index contributed by atoms with van der Waals surface area (Å²) in [6.45, 7) is 1.48. The minimum absolute atomic E-state index is 0.244. The van der Waals surface area contributed by atoms with E-state index in [1.165, 1.54) is 0 Å². The molecule has 9 heavy (non-hydrogen) atoms. The van der Waals surface area contributed by atoms with Crippen molar-refractivity contribution < 1.29 is 5.11 Å². The maximum atomic E-state index is 8.33. The zero-order valence-corrected chi connectivity index (χ0v) is 5.43. The molecule has 2 N–H and O–H groups in total. The molecule has 0 aromatic carbocycles. The van der Waals surface area contributed by atoms with Gasteiger partial charge in [0.15, 0.2) is 0 Å². The van der Waals surface area contributed by atoms with Crippen LogP contribution in [0, 0.1) is 11.3 Å². The standard InChI is InChI=1S/C6H12N2O/c7-3-5-8-4-1-2-6-9/h8-9H,1-2,4-6H2. The summed E-state index contributed by atoms with van der Waals surface area (Å²) < 4.78 is 0. The van der Waals surface area contributed by atoms with E-state index in [4.69, 9.17) is 10.4 Å². The third-order valence-electron chi connectivity index (χ3n) is 0.966. The van der Waals surface area contributed by atoms with Crippen molar-refractivity contribution >= 4 is 0 Å². The van der Waals surface area contributed by atoms with Gasteiger partial charge in [0.1, 0.15) is 0 Å². The van der Waals surface area contributed by atoms with Gasteiger partial charge < -0.3 is 10.4 Å². The summed E-state index contributed by atoms with van der Waals surface area (Å²) in [7, 11) is 0. The van der Waals surface area contributed by atoms with Crippen molar-refractivity contribution in [3.8, 4) is 6.07 Å². The van der Waals surface area contributed by atoms with Crippen LogP contribution in [0.3, 0.4) is 0 Å². The first-order chi connectivity index (χ1) is 4.41. The van der Waals surface area contributed by atoms with Crippen molar-refractivity contribution in [1.29, 1.82) is 5.26 Å². The molecule has 0 aliphatic carbocycles. The Hall–Kier alpha value is -0.590. The molecule has 0 aliphatic rings. The van der Waals surface area contributed by atoms with Crippen LogP contribution in [0.2, 0.25) is 0 Å². The Morgan fingerprint density at radius 1 is 1.44 bits per heavy atom. The molecule has 0 bridgehead atoms. The van der Waals surface area contributed by atoms with E-state index in [2.05, 4.69) is 5.32 Å². The second kappa shape index (κ2) is 7.41. The van der Waals surface area contributed by atoms with Gasteiger partial charge in [0.25, 0.3) is 0 Å². The molecule has 0 rings (SSSR count). The van der Waals surface area contributed by atoms with Crippen LogP contribution in [0.25, 0.3) is 0 Å². The monoisotopic (exact) mass is 128 g/mol. The zero-order valence-electron chi connectivity index (χ0n) is 5.43. The zero-order chi connectivity index (χ0) is 6.95. The molecule has 0 saturated heterocycles. The summed E-state index contributed by atoms with van der Waals surface area (Å²) in [5.74, 6) is 0. The highest BCUT2D eigenvalue weighted by Gasteiger charge is 1.84. The van der Waals surface area contributed by atoms with Crippen LogP contribution in [-0.2, 0) is 0 Å². The van der Waals surface area contributed by atoms with Crippen LogP contribution in [0.5, 0.6) is 0 Å². The minimum Gasteiger partial charge on any atom is -0.396 e. The first-order valence-electron chi connectivity index (χ1n) is 3.10.